The van der Waals surface area contributed by atoms with Crippen LogP contribution in [0.1, 0.15) is 36.7 Å². The molecular formula is C21H25FN2O. The first-order valence-electron chi connectivity index (χ1n) is 8.75. The molecule has 4 heteroatoms. The highest BCUT2D eigenvalue weighted by Crippen LogP contribution is 2.32. The molecule has 25 heavy (non-hydrogen) atoms. The molecule has 1 saturated heterocycles. The van der Waals surface area contributed by atoms with Crippen LogP contribution in [0.2, 0.25) is 0 Å². The molecule has 0 unspecified atom stereocenters. The number of carbonyl (C=O) groups excluding carboxylic acids is 1. The molecule has 0 atom stereocenters. The largest absolute Gasteiger partial charge is 0.368 e. The number of hydrogen-bond acceptors (Lipinski definition) is 2. The molecule has 0 spiro atoms. The minimum atomic E-state index is -0.319. The van der Waals surface area contributed by atoms with Crippen molar-refractivity contribution in [1.82, 2.24) is 4.90 Å². The highest BCUT2D eigenvalue weighted by Gasteiger charge is 2.26. The summed E-state index contributed by atoms with van der Waals surface area (Å²) < 4.78 is 13.0. The molecule has 3 rings (SSSR count). The standard InChI is InChI=1S/C21H25FN2O/c1-21(2,3)18-6-4-5-7-19(18)23-12-14-24(15-13-23)20(25)16-8-10-17(22)11-9-16/h4-11H,12-15H2,1-3H3. The first kappa shape index (κ1) is 17.5. The van der Waals surface area contributed by atoms with Crippen LogP contribution in [-0.2, 0) is 5.41 Å². The third-order valence-electron chi connectivity index (χ3n) is 4.71. The average Bonchev–Trinajstić information content (AvgIpc) is 2.61. The Balaban J connectivity index is 1.70. The first-order valence-corrected chi connectivity index (χ1v) is 8.75. The van der Waals surface area contributed by atoms with Crippen LogP contribution in [0.4, 0.5) is 10.1 Å². The van der Waals surface area contributed by atoms with Gasteiger partial charge in [-0.15, -0.1) is 0 Å². The maximum Gasteiger partial charge on any atom is 0.253 e. The van der Waals surface area contributed by atoms with Crippen molar-refractivity contribution in [3.63, 3.8) is 0 Å². The minimum absolute atomic E-state index is 0.0243. The van der Waals surface area contributed by atoms with Gasteiger partial charge in [0.05, 0.1) is 0 Å². The Morgan fingerprint density at radius 2 is 1.52 bits per heavy atom. The van der Waals surface area contributed by atoms with Crippen molar-refractivity contribution in [2.75, 3.05) is 31.1 Å². The molecule has 0 radical (unpaired) electrons. The van der Waals surface area contributed by atoms with Crippen LogP contribution >= 0.6 is 0 Å². The smallest absolute Gasteiger partial charge is 0.253 e. The minimum Gasteiger partial charge on any atom is -0.368 e. The second-order valence-corrected chi connectivity index (χ2v) is 7.55. The van der Waals surface area contributed by atoms with Gasteiger partial charge in [0.1, 0.15) is 5.82 Å². The fourth-order valence-electron chi connectivity index (χ4n) is 3.31. The number of halogens is 1. The summed E-state index contributed by atoms with van der Waals surface area (Å²) in [5.41, 5.74) is 3.21. The van der Waals surface area contributed by atoms with E-state index >= 15 is 0 Å². The summed E-state index contributed by atoms with van der Waals surface area (Å²) in [5, 5.41) is 0. The SMILES string of the molecule is CC(C)(C)c1ccccc1N1CCN(C(=O)c2ccc(F)cc2)CC1. The van der Waals surface area contributed by atoms with Gasteiger partial charge in [-0.1, -0.05) is 39.0 Å². The zero-order chi connectivity index (χ0) is 18.0. The quantitative estimate of drug-likeness (QED) is 0.822. The topological polar surface area (TPSA) is 23.6 Å². The number of benzene rings is 2. The molecule has 1 amide bonds. The lowest BCUT2D eigenvalue weighted by molar-refractivity contribution is 0.0746. The van der Waals surface area contributed by atoms with E-state index in [2.05, 4.69) is 49.9 Å². The zero-order valence-electron chi connectivity index (χ0n) is 15.1. The number of piperazine rings is 1. The van der Waals surface area contributed by atoms with E-state index in [0.29, 0.717) is 18.7 Å². The molecule has 0 aromatic heterocycles. The molecule has 1 aliphatic rings. The van der Waals surface area contributed by atoms with Crippen LogP contribution in [0.25, 0.3) is 0 Å². The van der Waals surface area contributed by atoms with Crippen molar-refractivity contribution >= 4 is 11.6 Å². The Labute approximate surface area is 149 Å². The number of amides is 1. The van der Waals surface area contributed by atoms with Gasteiger partial charge in [-0.2, -0.15) is 0 Å². The highest BCUT2D eigenvalue weighted by molar-refractivity contribution is 5.94. The fraction of sp³-hybridized carbons (Fsp3) is 0.381. The highest BCUT2D eigenvalue weighted by atomic mass is 19.1. The molecule has 0 aliphatic carbocycles. The number of rotatable bonds is 2. The third-order valence-corrected chi connectivity index (χ3v) is 4.71. The van der Waals surface area contributed by atoms with Gasteiger partial charge in [-0.05, 0) is 41.3 Å². The molecule has 2 aromatic carbocycles. The summed E-state index contributed by atoms with van der Waals surface area (Å²) in [6.45, 7) is 9.63. The lowest BCUT2D eigenvalue weighted by Crippen LogP contribution is -2.49. The van der Waals surface area contributed by atoms with E-state index < -0.39 is 0 Å². The monoisotopic (exact) mass is 340 g/mol. The Hall–Kier alpha value is -2.36. The Morgan fingerprint density at radius 1 is 0.920 bits per heavy atom. The van der Waals surface area contributed by atoms with Crippen molar-refractivity contribution in [1.29, 1.82) is 0 Å². The van der Waals surface area contributed by atoms with E-state index in [1.807, 2.05) is 4.90 Å². The molecule has 1 fully saturated rings. The second kappa shape index (κ2) is 6.87. The number of para-hydroxylation sites is 1. The van der Waals surface area contributed by atoms with Gasteiger partial charge in [0.25, 0.3) is 5.91 Å². The average molecular weight is 340 g/mol. The Kier molecular flexibility index (Phi) is 4.80. The van der Waals surface area contributed by atoms with Crippen LogP contribution in [-0.4, -0.2) is 37.0 Å². The molecule has 132 valence electrons. The van der Waals surface area contributed by atoms with Gasteiger partial charge in [0.2, 0.25) is 0 Å². The third kappa shape index (κ3) is 3.84. The molecule has 0 N–H and O–H groups in total. The van der Waals surface area contributed by atoms with Crippen molar-refractivity contribution in [3.8, 4) is 0 Å². The summed E-state index contributed by atoms with van der Waals surface area (Å²) in [6, 6.07) is 14.3. The van der Waals surface area contributed by atoms with Crippen LogP contribution < -0.4 is 4.90 Å². The zero-order valence-corrected chi connectivity index (χ0v) is 15.1. The van der Waals surface area contributed by atoms with Crippen LogP contribution in [0.3, 0.4) is 0 Å². The molecule has 0 bridgehead atoms. The predicted molar refractivity (Wildman–Crippen MR) is 99.7 cm³/mol. The molecule has 1 heterocycles. The maximum atomic E-state index is 13.0. The van der Waals surface area contributed by atoms with Gasteiger partial charge in [0.15, 0.2) is 0 Å². The summed E-state index contributed by atoms with van der Waals surface area (Å²) in [4.78, 5) is 16.8. The van der Waals surface area contributed by atoms with Gasteiger partial charge >= 0.3 is 0 Å². The van der Waals surface area contributed by atoms with E-state index in [9.17, 15) is 9.18 Å². The molecule has 2 aromatic rings. The predicted octanol–water partition coefficient (Wildman–Crippen LogP) is 4.09. The lowest BCUT2D eigenvalue weighted by Gasteiger charge is -2.38. The lowest BCUT2D eigenvalue weighted by atomic mass is 9.85. The maximum absolute atomic E-state index is 13.0. The number of anilines is 1. The van der Waals surface area contributed by atoms with Crippen molar-refractivity contribution in [2.45, 2.75) is 26.2 Å². The number of carbonyl (C=O) groups is 1. The van der Waals surface area contributed by atoms with Gasteiger partial charge in [-0.3, -0.25) is 4.79 Å². The number of nitrogens with zero attached hydrogens (tertiary/aromatic N) is 2. The van der Waals surface area contributed by atoms with E-state index in [-0.39, 0.29) is 17.1 Å². The molecule has 1 aliphatic heterocycles. The Bertz CT molecular complexity index is 741. The normalized spacial score (nSPS) is 15.4. The van der Waals surface area contributed by atoms with Crippen LogP contribution in [0.5, 0.6) is 0 Å². The Morgan fingerprint density at radius 3 is 2.12 bits per heavy atom. The van der Waals surface area contributed by atoms with Gasteiger partial charge in [-0.25, -0.2) is 4.39 Å². The molecule has 0 saturated carbocycles. The molecule has 3 nitrogen and oxygen atoms in total. The van der Waals surface area contributed by atoms with E-state index in [4.69, 9.17) is 0 Å². The second-order valence-electron chi connectivity index (χ2n) is 7.55. The molecular weight excluding hydrogens is 315 g/mol. The van der Waals surface area contributed by atoms with Crippen LogP contribution in [0.15, 0.2) is 48.5 Å². The first-order chi connectivity index (χ1) is 11.9. The van der Waals surface area contributed by atoms with E-state index in [0.717, 1.165) is 13.1 Å². The fourth-order valence-corrected chi connectivity index (χ4v) is 3.31. The van der Waals surface area contributed by atoms with E-state index in [1.165, 1.54) is 23.4 Å². The van der Waals surface area contributed by atoms with E-state index in [1.54, 1.807) is 12.1 Å². The summed E-state index contributed by atoms with van der Waals surface area (Å²) in [6.07, 6.45) is 0. The van der Waals surface area contributed by atoms with Gasteiger partial charge in [0, 0.05) is 37.4 Å². The van der Waals surface area contributed by atoms with Crippen LogP contribution in [0, 0.1) is 5.82 Å². The summed E-state index contributed by atoms with van der Waals surface area (Å²) in [5.74, 6) is -0.344. The van der Waals surface area contributed by atoms with Crippen molar-refractivity contribution in [3.05, 3.63) is 65.5 Å². The van der Waals surface area contributed by atoms with Crippen molar-refractivity contribution in [2.24, 2.45) is 0 Å². The van der Waals surface area contributed by atoms with Crippen molar-refractivity contribution < 1.29 is 9.18 Å². The number of hydrogen-bond donors (Lipinski definition) is 0. The summed E-state index contributed by atoms with van der Waals surface area (Å²) >= 11 is 0. The summed E-state index contributed by atoms with van der Waals surface area (Å²) in [7, 11) is 0. The van der Waals surface area contributed by atoms with Gasteiger partial charge < -0.3 is 9.80 Å².